The average molecular weight is 442 g/mol. The molecule has 33 heavy (non-hydrogen) atoms. The third-order valence-electron chi connectivity index (χ3n) is 5.45. The topological polar surface area (TPSA) is 60.5 Å². The van der Waals surface area contributed by atoms with Crippen LogP contribution in [-0.2, 0) is 4.74 Å². The number of hydrogen-bond acceptors (Lipinski definition) is 4. The van der Waals surface area contributed by atoms with Gasteiger partial charge in [-0.05, 0) is 60.4 Å². The number of hydrogen-bond donors (Lipinski definition) is 1. The van der Waals surface area contributed by atoms with Crippen LogP contribution < -0.4 is 9.47 Å². The molecular formula is C28H27NO4. The van der Waals surface area contributed by atoms with E-state index in [0.29, 0.717) is 18.8 Å². The summed E-state index contributed by atoms with van der Waals surface area (Å²) in [6, 6.07) is 23.3. The Labute approximate surface area is 193 Å². The van der Waals surface area contributed by atoms with Gasteiger partial charge in [0.25, 0.3) is 0 Å². The van der Waals surface area contributed by atoms with Crippen LogP contribution in [0.5, 0.6) is 11.5 Å². The third kappa shape index (κ3) is 5.44. The lowest BCUT2D eigenvalue weighted by Gasteiger charge is -2.09. The molecule has 0 aliphatic carbocycles. The molecule has 0 fully saturated rings. The normalized spacial score (nSPS) is 10.7. The fourth-order valence-corrected chi connectivity index (χ4v) is 3.63. The number of fused-ring (bicyclic) bond motifs is 1. The van der Waals surface area contributed by atoms with Gasteiger partial charge in [0.2, 0.25) is 0 Å². The van der Waals surface area contributed by atoms with Crippen molar-refractivity contribution in [3.05, 3.63) is 102 Å². The highest BCUT2D eigenvalue weighted by Gasteiger charge is 2.12. The standard InChI is InChI=1S/C28H27NO4/c1-20(26-19-29-27-18-22(28(30)31-2)12-15-25(26)27)21-10-13-24(14-11-21)33-17-7-6-16-32-23-8-4-3-5-9-23/h3-5,8-15,18-19,29H,1,6-7,16-17H2,2H3. The van der Waals surface area contributed by atoms with Gasteiger partial charge in [-0.2, -0.15) is 0 Å². The van der Waals surface area contributed by atoms with Gasteiger partial charge in [0.05, 0.1) is 25.9 Å². The highest BCUT2D eigenvalue weighted by molar-refractivity contribution is 6.00. The van der Waals surface area contributed by atoms with Crippen LogP contribution in [0.25, 0.3) is 16.5 Å². The summed E-state index contributed by atoms with van der Waals surface area (Å²) in [5.41, 5.74) is 4.28. The first-order chi connectivity index (χ1) is 16.2. The largest absolute Gasteiger partial charge is 0.494 e. The second kappa shape index (κ2) is 10.6. The molecule has 0 unspecified atom stereocenters. The molecule has 0 saturated heterocycles. The van der Waals surface area contributed by atoms with E-state index >= 15 is 0 Å². The molecule has 0 radical (unpaired) electrons. The van der Waals surface area contributed by atoms with E-state index in [2.05, 4.69) is 11.6 Å². The van der Waals surface area contributed by atoms with Crippen molar-refractivity contribution in [2.24, 2.45) is 0 Å². The van der Waals surface area contributed by atoms with Crippen molar-refractivity contribution < 1.29 is 19.0 Å². The lowest BCUT2D eigenvalue weighted by atomic mass is 9.98. The van der Waals surface area contributed by atoms with Crippen molar-refractivity contribution in [2.75, 3.05) is 20.3 Å². The molecule has 5 nitrogen and oxygen atoms in total. The number of unbranched alkanes of at least 4 members (excludes halogenated alkanes) is 1. The van der Waals surface area contributed by atoms with Gasteiger partial charge in [-0.1, -0.05) is 43.0 Å². The number of aromatic nitrogens is 1. The van der Waals surface area contributed by atoms with Gasteiger partial charge >= 0.3 is 5.97 Å². The number of ether oxygens (including phenoxy) is 3. The van der Waals surface area contributed by atoms with Gasteiger partial charge in [-0.25, -0.2) is 4.79 Å². The maximum atomic E-state index is 11.8. The van der Waals surface area contributed by atoms with Crippen LogP contribution in [0.3, 0.4) is 0 Å². The molecule has 0 saturated carbocycles. The number of methoxy groups -OCH3 is 1. The molecule has 0 aliphatic heterocycles. The molecule has 4 rings (SSSR count). The van der Waals surface area contributed by atoms with Crippen molar-refractivity contribution in [2.45, 2.75) is 12.8 Å². The molecule has 3 aromatic carbocycles. The summed E-state index contributed by atoms with van der Waals surface area (Å²) < 4.78 is 16.4. The second-order valence-electron chi connectivity index (χ2n) is 7.67. The zero-order valence-corrected chi connectivity index (χ0v) is 18.7. The Kier molecular flexibility index (Phi) is 7.10. The fraction of sp³-hybridized carbons (Fsp3) is 0.179. The van der Waals surface area contributed by atoms with E-state index < -0.39 is 0 Å². The monoisotopic (exact) mass is 441 g/mol. The van der Waals surface area contributed by atoms with Crippen LogP contribution in [0, 0.1) is 0 Å². The summed E-state index contributed by atoms with van der Waals surface area (Å²) in [7, 11) is 1.38. The molecule has 4 aromatic rings. The van der Waals surface area contributed by atoms with Crippen LogP contribution >= 0.6 is 0 Å². The second-order valence-corrected chi connectivity index (χ2v) is 7.67. The molecule has 0 spiro atoms. The van der Waals surface area contributed by atoms with Crippen LogP contribution in [0.2, 0.25) is 0 Å². The fourth-order valence-electron chi connectivity index (χ4n) is 3.63. The van der Waals surface area contributed by atoms with E-state index in [1.54, 1.807) is 12.1 Å². The molecule has 1 N–H and O–H groups in total. The van der Waals surface area contributed by atoms with E-state index in [-0.39, 0.29) is 5.97 Å². The van der Waals surface area contributed by atoms with Crippen molar-refractivity contribution >= 4 is 22.4 Å². The molecule has 1 aromatic heterocycles. The minimum absolute atomic E-state index is 0.355. The van der Waals surface area contributed by atoms with E-state index in [0.717, 1.165) is 51.9 Å². The van der Waals surface area contributed by atoms with Crippen molar-refractivity contribution in [1.29, 1.82) is 0 Å². The van der Waals surface area contributed by atoms with Crippen LogP contribution in [0.1, 0.15) is 34.3 Å². The first kappa shape index (κ1) is 22.2. The summed E-state index contributed by atoms with van der Waals surface area (Å²) in [5, 5.41) is 1.01. The van der Waals surface area contributed by atoms with Gasteiger partial charge in [0.1, 0.15) is 11.5 Å². The number of carbonyl (C=O) groups excluding carboxylic acids is 1. The minimum atomic E-state index is -0.355. The van der Waals surface area contributed by atoms with Gasteiger partial charge in [-0.15, -0.1) is 0 Å². The minimum Gasteiger partial charge on any atom is -0.494 e. The summed E-state index contributed by atoms with van der Waals surface area (Å²) in [6.07, 6.45) is 3.77. The smallest absolute Gasteiger partial charge is 0.337 e. The number of esters is 1. The number of carbonyl (C=O) groups is 1. The number of benzene rings is 3. The average Bonchev–Trinajstić information content (AvgIpc) is 3.29. The molecular weight excluding hydrogens is 414 g/mol. The van der Waals surface area contributed by atoms with Gasteiger partial charge < -0.3 is 19.2 Å². The van der Waals surface area contributed by atoms with Crippen LogP contribution in [0.15, 0.2) is 85.6 Å². The molecule has 0 aliphatic rings. The van der Waals surface area contributed by atoms with E-state index in [4.69, 9.17) is 14.2 Å². The molecule has 0 atom stereocenters. The highest BCUT2D eigenvalue weighted by Crippen LogP contribution is 2.30. The van der Waals surface area contributed by atoms with Crippen LogP contribution in [-0.4, -0.2) is 31.3 Å². The Morgan fingerprint density at radius 3 is 2.15 bits per heavy atom. The number of para-hydroxylation sites is 1. The summed E-state index contributed by atoms with van der Waals surface area (Å²) in [6.45, 7) is 5.60. The number of rotatable bonds is 10. The number of H-pyrrole nitrogens is 1. The quantitative estimate of drug-likeness (QED) is 0.233. The van der Waals surface area contributed by atoms with E-state index in [9.17, 15) is 4.79 Å². The van der Waals surface area contributed by atoms with Gasteiger partial charge in [-0.3, -0.25) is 0 Å². The van der Waals surface area contributed by atoms with Gasteiger partial charge in [0, 0.05) is 22.7 Å². The number of aromatic amines is 1. The Hall–Kier alpha value is -3.99. The first-order valence-corrected chi connectivity index (χ1v) is 11.0. The molecule has 168 valence electrons. The Morgan fingerprint density at radius 2 is 1.48 bits per heavy atom. The summed E-state index contributed by atoms with van der Waals surface area (Å²) in [5.74, 6) is 1.37. The summed E-state index contributed by atoms with van der Waals surface area (Å²) in [4.78, 5) is 15.0. The van der Waals surface area contributed by atoms with E-state index in [1.165, 1.54) is 7.11 Å². The lowest BCUT2D eigenvalue weighted by molar-refractivity contribution is 0.0601. The van der Waals surface area contributed by atoms with E-state index in [1.807, 2.05) is 66.9 Å². The zero-order valence-electron chi connectivity index (χ0n) is 18.7. The van der Waals surface area contributed by atoms with Crippen molar-refractivity contribution in [3.63, 3.8) is 0 Å². The Bertz CT molecular complexity index is 1230. The predicted octanol–water partition coefficient (Wildman–Crippen LogP) is 6.25. The SMILES string of the molecule is C=C(c1ccc(OCCCCOc2ccccc2)cc1)c1c[nH]c2cc(C(=O)OC)ccc12. The molecule has 0 bridgehead atoms. The maximum absolute atomic E-state index is 11.8. The van der Waals surface area contributed by atoms with Crippen molar-refractivity contribution in [1.82, 2.24) is 4.98 Å². The molecule has 5 heteroatoms. The maximum Gasteiger partial charge on any atom is 0.337 e. The Balaban J connectivity index is 1.29. The highest BCUT2D eigenvalue weighted by atomic mass is 16.5. The first-order valence-electron chi connectivity index (χ1n) is 11.0. The van der Waals surface area contributed by atoms with Crippen molar-refractivity contribution in [3.8, 4) is 11.5 Å². The van der Waals surface area contributed by atoms with Gasteiger partial charge in [0.15, 0.2) is 0 Å². The third-order valence-corrected chi connectivity index (χ3v) is 5.45. The predicted molar refractivity (Wildman–Crippen MR) is 131 cm³/mol. The number of nitrogens with one attached hydrogen (secondary N) is 1. The summed E-state index contributed by atoms with van der Waals surface area (Å²) >= 11 is 0. The lowest BCUT2D eigenvalue weighted by Crippen LogP contribution is -2.02. The molecule has 0 amide bonds. The zero-order chi connectivity index (χ0) is 23.0. The van der Waals surface area contributed by atoms with Crippen LogP contribution in [0.4, 0.5) is 0 Å². The Morgan fingerprint density at radius 1 is 0.848 bits per heavy atom. The molecule has 1 heterocycles.